The Bertz CT molecular complexity index is 1730. The molecule has 0 saturated carbocycles. The molecule has 0 aliphatic rings. The van der Waals surface area contributed by atoms with Crippen molar-refractivity contribution < 1.29 is 52.2 Å². The number of carbonyl (C=O) groups excluding carboxylic acids is 3. The van der Waals surface area contributed by atoms with Gasteiger partial charge in [-0.25, -0.2) is 4.57 Å². The van der Waals surface area contributed by atoms with Crippen LogP contribution < -0.4 is 0 Å². The Labute approximate surface area is 515 Å². The van der Waals surface area contributed by atoms with Crippen LogP contribution in [0.1, 0.15) is 316 Å². The van der Waals surface area contributed by atoms with Gasteiger partial charge in [-0.1, -0.05) is 266 Å². The van der Waals surface area contributed by atoms with E-state index >= 15 is 0 Å². The van der Waals surface area contributed by atoms with E-state index in [2.05, 4.69) is 106 Å². The maximum Gasteiger partial charge on any atom is 0.472 e. The Hall–Kier alpha value is -3.34. The highest BCUT2D eigenvalue weighted by Gasteiger charge is 2.28. The second-order valence-corrected chi connectivity index (χ2v) is 24.4. The molecule has 3 atom stereocenters. The molecule has 0 saturated heterocycles. The highest BCUT2D eigenvalue weighted by molar-refractivity contribution is 7.47. The molecule has 84 heavy (non-hydrogen) atoms. The van der Waals surface area contributed by atoms with E-state index in [9.17, 15) is 28.9 Å². The van der Waals surface area contributed by atoms with Crippen LogP contribution in [0.15, 0.2) is 85.1 Å². The number of aliphatic hydroxyl groups excluding tert-OH is 1. The van der Waals surface area contributed by atoms with Crippen molar-refractivity contribution in [2.45, 2.75) is 328 Å². The summed E-state index contributed by atoms with van der Waals surface area (Å²) in [6.45, 7) is 4.54. The first-order valence-electron chi connectivity index (χ1n) is 34.5. The molecule has 0 aromatic carbocycles. The first-order chi connectivity index (χ1) is 41.2. The topological polar surface area (TPSA) is 155 Å². The minimum atomic E-state index is -4.77. The van der Waals surface area contributed by atoms with Crippen LogP contribution in [0.25, 0.3) is 0 Å². The first-order valence-corrected chi connectivity index (χ1v) is 36.0. The molecule has 0 radical (unpaired) electrons. The fraction of sp³-hybridized carbons (Fsp3) is 0.764. The average molecular weight is 1200 g/mol. The van der Waals surface area contributed by atoms with Crippen LogP contribution in [0.4, 0.5) is 0 Å². The second-order valence-electron chi connectivity index (χ2n) is 23.0. The van der Waals surface area contributed by atoms with E-state index in [1.807, 2.05) is 0 Å². The number of phosphoric acid groups is 1. The molecule has 0 aromatic rings. The van der Waals surface area contributed by atoms with Crippen LogP contribution in [-0.2, 0) is 42.2 Å². The standard InChI is InChI=1S/C72H127O11P/c1-4-7-10-13-16-19-22-25-28-31-34-37-40-43-46-49-52-55-58-61-70(74)79-65-69(83-72(76)63-60-57-54-51-48-45-42-39-36-33-30-27-24-21-18-15-12-9-6-3)67-81-84(77,78)80-66-68(64-73)82-71(75)62-59-56-53-50-47-44-41-38-35-32-29-26-23-20-17-14-11-8-5-2/h9,12,18,21,25-30,36,39,45,48,68-69,73H,4-8,10-11,13-17,19-20,22-24,31-35,37-38,40-44,46-47,49-67H2,1-3H3,(H,77,78)/b12-9-,21-18-,28-25-,29-26-,30-27-,39-36-,48-45-. The molecule has 0 spiro atoms. The van der Waals surface area contributed by atoms with Crippen molar-refractivity contribution in [3.63, 3.8) is 0 Å². The molecular formula is C72H127O11P. The highest BCUT2D eigenvalue weighted by atomic mass is 31.2. The maximum absolute atomic E-state index is 13.0. The van der Waals surface area contributed by atoms with E-state index in [0.29, 0.717) is 19.3 Å². The molecule has 11 nitrogen and oxygen atoms in total. The minimum absolute atomic E-state index is 0.126. The number of esters is 3. The van der Waals surface area contributed by atoms with E-state index in [4.69, 9.17) is 23.3 Å². The highest BCUT2D eigenvalue weighted by Crippen LogP contribution is 2.43. The molecular weight excluding hydrogens is 1070 g/mol. The van der Waals surface area contributed by atoms with Gasteiger partial charge in [0.25, 0.3) is 0 Å². The SMILES string of the molecule is CC/C=C\C/C=C\C/C=C\C/C=C\C/C=C\CCCCCC(=O)OC(COC(=O)CCCCCCCCCCC/C=C\CCCCCCCC)COP(=O)(O)OCC(CO)OC(=O)CCCCCCCCCCC/C=C\CCCCCCCC. The van der Waals surface area contributed by atoms with Gasteiger partial charge in [-0.2, -0.15) is 0 Å². The number of unbranched alkanes of at least 4 members (excludes halogenated alkanes) is 33. The smallest absolute Gasteiger partial charge is 0.462 e. The third-order valence-corrected chi connectivity index (χ3v) is 15.7. The van der Waals surface area contributed by atoms with Crippen LogP contribution >= 0.6 is 7.82 Å². The van der Waals surface area contributed by atoms with Gasteiger partial charge in [0, 0.05) is 19.3 Å². The monoisotopic (exact) mass is 1200 g/mol. The quantitative estimate of drug-likeness (QED) is 0.0197. The van der Waals surface area contributed by atoms with Gasteiger partial charge in [-0.3, -0.25) is 23.4 Å². The van der Waals surface area contributed by atoms with Crippen molar-refractivity contribution in [1.82, 2.24) is 0 Å². The van der Waals surface area contributed by atoms with Gasteiger partial charge in [-0.05, 0) is 116 Å². The van der Waals surface area contributed by atoms with Crippen LogP contribution in [0.3, 0.4) is 0 Å². The predicted octanol–water partition coefficient (Wildman–Crippen LogP) is 21.4. The maximum atomic E-state index is 13.0. The van der Waals surface area contributed by atoms with Crippen molar-refractivity contribution in [2.75, 3.05) is 26.4 Å². The molecule has 0 bridgehead atoms. The Morgan fingerprint density at radius 3 is 0.976 bits per heavy atom. The minimum Gasteiger partial charge on any atom is -0.462 e. The Morgan fingerprint density at radius 2 is 0.619 bits per heavy atom. The second kappa shape index (κ2) is 65.6. The first kappa shape index (κ1) is 80.7. The van der Waals surface area contributed by atoms with Crippen molar-refractivity contribution in [3.8, 4) is 0 Å². The number of hydrogen-bond donors (Lipinski definition) is 2. The zero-order valence-corrected chi connectivity index (χ0v) is 55.0. The lowest BCUT2D eigenvalue weighted by Crippen LogP contribution is -2.30. The van der Waals surface area contributed by atoms with Crippen molar-refractivity contribution in [3.05, 3.63) is 85.1 Å². The number of aliphatic hydroxyl groups is 1. The van der Waals surface area contributed by atoms with Crippen LogP contribution in [0.5, 0.6) is 0 Å². The van der Waals surface area contributed by atoms with Crippen LogP contribution in [0.2, 0.25) is 0 Å². The molecule has 0 aliphatic heterocycles. The van der Waals surface area contributed by atoms with Gasteiger partial charge in [0.2, 0.25) is 0 Å². The molecule has 0 fully saturated rings. The van der Waals surface area contributed by atoms with Gasteiger partial charge in [0.05, 0.1) is 19.8 Å². The van der Waals surface area contributed by atoms with Gasteiger partial charge >= 0.3 is 25.7 Å². The molecule has 2 N–H and O–H groups in total. The fourth-order valence-corrected chi connectivity index (χ4v) is 10.3. The number of allylic oxidation sites excluding steroid dienone is 14. The third-order valence-electron chi connectivity index (χ3n) is 14.8. The summed E-state index contributed by atoms with van der Waals surface area (Å²) in [6.07, 6.45) is 78.2. The largest absolute Gasteiger partial charge is 0.472 e. The summed E-state index contributed by atoms with van der Waals surface area (Å²) >= 11 is 0. The van der Waals surface area contributed by atoms with Crippen LogP contribution in [0, 0.1) is 0 Å². The van der Waals surface area contributed by atoms with Crippen molar-refractivity contribution >= 4 is 25.7 Å². The molecule has 3 unspecified atom stereocenters. The van der Waals surface area contributed by atoms with Crippen molar-refractivity contribution in [2.24, 2.45) is 0 Å². The van der Waals surface area contributed by atoms with Crippen molar-refractivity contribution in [1.29, 1.82) is 0 Å². The molecule has 0 aliphatic carbocycles. The van der Waals surface area contributed by atoms with E-state index in [1.165, 1.54) is 167 Å². The lowest BCUT2D eigenvalue weighted by molar-refractivity contribution is -0.161. The number of hydrogen-bond acceptors (Lipinski definition) is 10. The number of rotatable bonds is 64. The average Bonchev–Trinajstić information content (AvgIpc) is 3.53. The lowest BCUT2D eigenvalue weighted by Gasteiger charge is -2.21. The summed E-state index contributed by atoms with van der Waals surface area (Å²) in [5.41, 5.74) is 0. The normalized spacial score (nSPS) is 13.7. The predicted molar refractivity (Wildman–Crippen MR) is 353 cm³/mol. The van der Waals surface area contributed by atoms with E-state index in [1.54, 1.807) is 0 Å². The molecule has 486 valence electrons. The number of ether oxygens (including phenoxy) is 3. The summed E-state index contributed by atoms with van der Waals surface area (Å²) < 4.78 is 39.8. The summed E-state index contributed by atoms with van der Waals surface area (Å²) in [7, 11) is -4.77. The molecule has 0 aromatic heterocycles. The van der Waals surface area contributed by atoms with Crippen LogP contribution in [-0.4, -0.2) is 66.5 Å². The zero-order chi connectivity index (χ0) is 61.2. The van der Waals surface area contributed by atoms with Gasteiger partial charge in [0.15, 0.2) is 6.10 Å². The number of phosphoric ester groups is 1. The zero-order valence-electron chi connectivity index (χ0n) is 54.1. The fourth-order valence-electron chi connectivity index (χ4n) is 9.55. The van der Waals surface area contributed by atoms with Gasteiger partial charge in [0.1, 0.15) is 12.7 Å². The summed E-state index contributed by atoms with van der Waals surface area (Å²) in [6, 6.07) is 0. The third kappa shape index (κ3) is 63.2. The Morgan fingerprint density at radius 1 is 0.345 bits per heavy atom. The molecule has 0 rings (SSSR count). The Balaban J connectivity index is 4.72. The van der Waals surface area contributed by atoms with Gasteiger partial charge in [-0.15, -0.1) is 0 Å². The summed E-state index contributed by atoms with van der Waals surface area (Å²) in [5, 5.41) is 9.88. The molecule has 0 amide bonds. The van der Waals surface area contributed by atoms with Gasteiger partial charge < -0.3 is 24.2 Å². The lowest BCUT2D eigenvalue weighted by atomic mass is 10.1. The van der Waals surface area contributed by atoms with E-state index in [0.717, 1.165) is 89.9 Å². The number of carbonyl (C=O) groups is 3. The molecule has 0 heterocycles. The van der Waals surface area contributed by atoms with E-state index < -0.39 is 57.8 Å². The Kier molecular flexibility index (Phi) is 63.0. The summed E-state index contributed by atoms with van der Waals surface area (Å²) in [5.74, 6) is -1.50. The van der Waals surface area contributed by atoms with E-state index in [-0.39, 0.29) is 25.9 Å². The molecule has 12 heteroatoms. The summed E-state index contributed by atoms with van der Waals surface area (Å²) in [4.78, 5) is 48.9.